The predicted octanol–water partition coefficient (Wildman–Crippen LogP) is 0.972. The fraction of sp³-hybridized carbons (Fsp3) is 0.667. The van der Waals surface area contributed by atoms with Crippen LogP contribution in [0.5, 0.6) is 0 Å². The molecule has 19 heavy (non-hydrogen) atoms. The largest absolute Gasteiger partial charge is 0.396 e. The predicted molar refractivity (Wildman–Crippen MR) is 74.7 cm³/mol. The van der Waals surface area contributed by atoms with Crippen molar-refractivity contribution >= 4 is 17.3 Å². The maximum Gasteiger partial charge on any atom is 0.287 e. The number of halogens is 1. The van der Waals surface area contributed by atoms with Crippen LogP contribution < -0.4 is 10.9 Å². The van der Waals surface area contributed by atoms with Gasteiger partial charge in [0.1, 0.15) is 5.02 Å². The molecule has 0 saturated carbocycles. The molecule has 1 rings (SSSR count). The number of aliphatic hydroxyl groups excluding tert-OH is 1. The molecule has 0 bridgehead atoms. The van der Waals surface area contributed by atoms with Crippen LogP contribution in [0.1, 0.15) is 13.8 Å². The van der Waals surface area contributed by atoms with Gasteiger partial charge in [0.05, 0.1) is 25.0 Å². The first-order valence-corrected chi connectivity index (χ1v) is 6.51. The van der Waals surface area contributed by atoms with E-state index in [-0.39, 0.29) is 29.1 Å². The molecule has 0 amide bonds. The van der Waals surface area contributed by atoms with Crippen LogP contribution in [0.3, 0.4) is 0 Å². The summed E-state index contributed by atoms with van der Waals surface area (Å²) in [6, 6.07) is -0.0153. The van der Waals surface area contributed by atoms with Gasteiger partial charge in [0.15, 0.2) is 0 Å². The molecule has 0 spiro atoms. The maximum absolute atomic E-state index is 11.9. The van der Waals surface area contributed by atoms with Gasteiger partial charge in [-0.25, -0.2) is 4.68 Å². The molecule has 7 heteroatoms. The summed E-state index contributed by atoms with van der Waals surface area (Å²) < 4.78 is 6.16. The fourth-order valence-electron chi connectivity index (χ4n) is 1.45. The quantitative estimate of drug-likeness (QED) is 0.782. The average Bonchev–Trinajstić information content (AvgIpc) is 2.42. The van der Waals surface area contributed by atoms with Crippen molar-refractivity contribution in [3.8, 4) is 0 Å². The molecular weight excluding hydrogens is 270 g/mol. The highest BCUT2D eigenvalue weighted by Gasteiger charge is 2.15. The summed E-state index contributed by atoms with van der Waals surface area (Å²) in [6.45, 7) is 4.63. The van der Waals surface area contributed by atoms with Gasteiger partial charge in [-0.1, -0.05) is 18.5 Å². The van der Waals surface area contributed by atoms with Crippen LogP contribution in [-0.2, 0) is 11.3 Å². The molecule has 1 aromatic rings. The van der Waals surface area contributed by atoms with Crippen LogP contribution >= 0.6 is 11.6 Å². The first-order valence-electron chi connectivity index (χ1n) is 6.13. The topological polar surface area (TPSA) is 76.4 Å². The highest BCUT2D eigenvalue weighted by Crippen LogP contribution is 2.18. The van der Waals surface area contributed by atoms with E-state index in [1.807, 2.05) is 13.8 Å². The lowest BCUT2D eigenvalue weighted by molar-refractivity contribution is 0.182. The molecule has 2 N–H and O–H groups in total. The normalized spacial score (nSPS) is 14.2. The summed E-state index contributed by atoms with van der Waals surface area (Å²) >= 11 is 6.03. The SMILES string of the molecule is COCCn1ncc(NC(C)C(C)CO)c(Cl)c1=O. The van der Waals surface area contributed by atoms with E-state index in [2.05, 4.69) is 10.4 Å². The van der Waals surface area contributed by atoms with Crippen LogP contribution in [0.2, 0.25) is 5.02 Å². The molecule has 0 saturated heterocycles. The second kappa shape index (κ2) is 7.47. The van der Waals surface area contributed by atoms with Gasteiger partial charge in [-0.05, 0) is 12.8 Å². The highest BCUT2D eigenvalue weighted by molar-refractivity contribution is 6.32. The van der Waals surface area contributed by atoms with Gasteiger partial charge in [-0.2, -0.15) is 5.10 Å². The van der Waals surface area contributed by atoms with E-state index >= 15 is 0 Å². The summed E-state index contributed by atoms with van der Waals surface area (Å²) in [5, 5.41) is 16.3. The van der Waals surface area contributed by atoms with E-state index in [9.17, 15) is 4.79 Å². The van der Waals surface area contributed by atoms with Crippen LogP contribution in [0.15, 0.2) is 11.0 Å². The molecule has 1 aromatic heterocycles. The van der Waals surface area contributed by atoms with E-state index < -0.39 is 0 Å². The Morgan fingerprint density at radius 1 is 1.58 bits per heavy atom. The number of aromatic nitrogens is 2. The van der Waals surface area contributed by atoms with Crippen LogP contribution in [0, 0.1) is 5.92 Å². The van der Waals surface area contributed by atoms with E-state index in [1.165, 1.54) is 10.9 Å². The van der Waals surface area contributed by atoms with Crippen LogP contribution in [0.25, 0.3) is 0 Å². The van der Waals surface area contributed by atoms with Crippen molar-refractivity contribution in [2.75, 3.05) is 25.6 Å². The summed E-state index contributed by atoms with van der Waals surface area (Å²) in [5.74, 6) is 0.0481. The Hall–Kier alpha value is -1.11. The molecule has 6 nitrogen and oxygen atoms in total. The van der Waals surface area contributed by atoms with Gasteiger partial charge < -0.3 is 15.2 Å². The second-order valence-corrected chi connectivity index (χ2v) is 4.86. The van der Waals surface area contributed by atoms with Gasteiger partial charge in [-0.3, -0.25) is 4.79 Å². The molecule has 2 unspecified atom stereocenters. The lowest BCUT2D eigenvalue weighted by atomic mass is 10.1. The third-order valence-corrected chi connectivity index (χ3v) is 3.38. The van der Waals surface area contributed by atoms with E-state index in [1.54, 1.807) is 7.11 Å². The van der Waals surface area contributed by atoms with Gasteiger partial charge in [0, 0.05) is 19.8 Å². The molecule has 1 heterocycles. The summed E-state index contributed by atoms with van der Waals surface area (Å²) in [7, 11) is 1.56. The molecule has 0 aliphatic rings. The first-order chi connectivity index (χ1) is 9.01. The minimum atomic E-state index is -0.354. The lowest BCUT2D eigenvalue weighted by Crippen LogP contribution is -2.30. The van der Waals surface area contributed by atoms with Gasteiger partial charge >= 0.3 is 0 Å². The minimum Gasteiger partial charge on any atom is -0.396 e. The molecule has 0 aliphatic heterocycles. The van der Waals surface area contributed by atoms with Crippen LogP contribution in [0.4, 0.5) is 5.69 Å². The molecule has 0 aromatic carbocycles. The van der Waals surface area contributed by atoms with Crippen molar-refractivity contribution in [2.45, 2.75) is 26.4 Å². The zero-order valence-electron chi connectivity index (χ0n) is 11.4. The summed E-state index contributed by atoms with van der Waals surface area (Å²) in [6.07, 6.45) is 1.51. The minimum absolute atomic E-state index is 0.0153. The molecule has 0 radical (unpaired) electrons. The number of nitrogens with zero attached hydrogens (tertiary/aromatic N) is 2. The van der Waals surface area contributed by atoms with E-state index in [0.717, 1.165) is 0 Å². The fourth-order valence-corrected chi connectivity index (χ4v) is 1.65. The number of hydrogen-bond acceptors (Lipinski definition) is 5. The third kappa shape index (κ3) is 4.19. The summed E-state index contributed by atoms with van der Waals surface area (Å²) in [4.78, 5) is 11.9. The average molecular weight is 290 g/mol. The summed E-state index contributed by atoms with van der Waals surface area (Å²) in [5.41, 5.74) is 0.126. The Morgan fingerprint density at radius 3 is 2.84 bits per heavy atom. The maximum atomic E-state index is 11.9. The number of rotatable bonds is 7. The van der Waals surface area contributed by atoms with Gasteiger partial charge in [0.2, 0.25) is 0 Å². The number of anilines is 1. The highest BCUT2D eigenvalue weighted by atomic mass is 35.5. The Balaban J connectivity index is 2.87. The Labute approximate surface area is 117 Å². The number of ether oxygens (including phenoxy) is 1. The van der Waals surface area contributed by atoms with Gasteiger partial charge in [-0.15, -0.1) is 0 Å². The van der Waals surface area contributed by atoms with Crippen molar-refractivity contribution in [3.05, 3.63) is 21.6 Å². The van der Waals surface area contributed by atoms with Crippen molar-refractivity contribution in [1.82, 2.24) is 9.78 Å². The van der Waals surface area contributed by atoms with Crippen molar-refractivity contribution in [3.63, 3.8) is 0 Å². The molecule has 0 aliphatic carbocycles. The zero-order chi connectivity index (χ0) is 14.4. The Kier molecular flexibility index (Phi) is 6.27. The second-order valence-electron chi connectivity index (χ2n) is 4.49. The molecule has 108 valence electrons. The Morgan fingerprint density at radius 2 is 2.26 bits per heavy atom. The third-order valence-electron chi connectivity index (χ3n) is 3.02. The van der Waals surface area contributed by atoms with Crippen LogP contribution in [-0.4, -0.2) is 41.3 Å². The smallest absolute Gasteiger partial charge is 0.287 e. The van der Waals surface area contributed by atoms with Crippen molar-refractivity contribution in [1.29, 1.82) is 0 Å². The zero-order valence-corrected chi connectivity index (χ0v) is 12.1. The first kappa shape index (κ1) is 15.9. The number of hydrogen-bond donors (Lipinski definition) is 2. The van der Waals surface area contributed by atoms with Gasteiger partial charge in [0.25, 0.3) is 5.56 Å². The number of nitrogens with one attached hydrogen (secondary N) is 1. The number of aliphatic hydroxyl groups is 1. The number of methoxy groups -OCH3 is 1. The lowest BCUT2D eigenvalue weighted by Gasteiger charge is -2.21. The van der Waals surface area contributed by atoms with E-state index in [4.69, 9.17) is 21.4 Å². The molecule has 0 fully saturated rings. The van der Waals surface area contributed by atoms with Crippen molar-refractivity contribution in [2.24, 2.45) is 5.92 Å². The standard InChI is InChI=1S/C12H20ClN3O3/c1-8(7-17)9(2)15-10-6-14-16(4-5-19-3)12(18)11(10)13/h6,8-9,15,17H,4-5,7H2,1-3H3. The van der Waals surface area contributed by atoms with E-state index in [0.29, 0.717) is 18.8 Å². The molecular formula is C12H20ClN3O3. The monoisotopic (exact) mass is 289 g/mol. The molecule has 2 atom stereocenters. The Bertz CT molecular complexity index is 464. The van der Waals surface area contributed by atoms with Crippen molar-refractivity contribution < 1.29 is 9.84 Å².